The van der Waals surface area contributed by atoms with Crippen molar-refractivity contribution in [2.45, 2.75) is 18.8 Å². The molecule has 0 aliphatic rings. The van der Waals surface area contributed by atoms with Crippen molar-refractivity contribution < 1.29 is 23.5 Å². The fraction of sp³-hybridized carbons (Fsp3) is 0.130. The molecule has 0 spiro atoms. The average Bonchev–Trinajstić information content (AvgIpc) is 2.70. The first-order valence-corrected chi connectivity index (χ1v) is 9.28. The minimum atomic E-state index is -1.05. The largest absolute Gasteiger partial charge is 0.507 e. The third-order valence-corrected chi connectivity index (χ3v) is 4.90. The summed E-state index contributed by atoms with van der Waals surface area (Å²) in [7, 11) is 0. The zero-order valence-corrected chi connectivity index (χ0v) is 16.0. The Morgan fingerprint density at radius 1 is 0.862 bits per heavy atom. The van der Waals surface area contributed by atoms with Gasteiger partial charge >= 0.3 is 0 Å². The Labute approximate surface area is 171 Å². The maximum absolute atomic E-state index is 13.8. The van der Waals surface area contributed by atoms with E-state index >= 15 is 0 Å². The van der Waals surface area contributed by atoms with E-state index < -0.39 is 23.3 Å². The lowest BCUT2D eigenvalue weighted by Crippen LogP contribution is -2.13. The molecule has 0 radical (unpaired) electrons. The number of phenolic OH excluding ortho intramolecular Hbond substituents is 1. The predicted octanol–water partition coefficient (Wildman–Crippen LogP) is 5.95. The molecule has 0 saturated carbocycles. The summed E-state index contributed by atoms with van der Waals surface area (Å²) in [5.74, 6) is -3.60. The number of benzene rings is 3. The van der Waals surface area contributed by atoms with Crippen LogP contribution in [0, 0.1) is 11.6 Å². The highest BCUT2D eigenvalue weighted by Gasteiger charge is 2.23. The second kappa shape index (κ2) is 8.97. The number of rotatable bonds is 7. The second-order valence-corrected chi connectivity index (χ2v) is 7.09. The van der Waals surface area contributed by atoms with Gasteiger partial charge in [-0.25, -0.2) is 8.78 Å². The molecule has 0 amide bonds. The molecular formula is C23H17ClF2O3. The van der Waals surface area contributed by atoms with Crippen LogP contribution in [0.3, 0.4) is 0 Å². The van der Waals surface area contributed by atoms with E-state index in [1.165, 1.54) is 18.2 Å². The zero-order chi connectivity index (χ0) is 21.0. The average molecular weight is 415 g/mol. The molecule has 1 unspecified atom stereocenters. The molecular weight excluding hydrogens is 398 g/mol. The lowest BCUT2D eigenvalue weighted by Gasteiger charge is -2.17. The third kappa shape index (κ3) is 5.06. The van der Waals surface area contributed by atoms with Gasteiger partial charge in [-0.2, -0.15) is 0 Å². The van der Waals surface area contributed by atoms with Gasteiger partial charge in [0.05, 0.1) is 5.56 Å². The molecule has 29 heavy (non-hydrogen) atoms. The molecule has 6 heteroatoms. The molecule has 3 aromatic carbocycles. The highest BCUT2D eigenvalue weighted by molar-refractivity contribution is 6.30. The Morgan fingerprint density at radius 2 is 1.52 bits per heavy atom. The van der Waals surface area contributed by atoms with Crippen molar-refractivity contribution >= 4 is 23.2 Å². The molecule has 3 aromatic rings. The number of phenols is 1. The number of carbonyl (C=O) groups is 2. The molecule has 1 atom stereocenters. The first kappa shape index (κ1) is 20.7. The summed E-state index contributed by atoms with van der Waals surface area (Å²) < 4.78 is 27.1. The van der Waals surface area contributed by atoms with Crippen molar-refractivity contribution in [2.24, 2.45) is 0 Å². The fourth-order valence-corrected chi connectivity index (χ4v) is 3.22. The number of ketones is 2. The van der Waals surface area contributed by atoms with Gasteiger partial charge in [-0.1, -0.05) is 29.8 Å². The van der Waals surface area contributed by atoms with Crippen LogP contribution < -0.4 is 0 Å². The molecule has 0 aromatic heterocycles. The third-order valence-electron chi connectivity index (χ3n) is 4.65. The number of aromatic hydroxyl groups is 1. The van der Waals surface area contributed by atoms with Crippen LogP contribution in [0.2, 0.25) is 5.02 Å². The van der Waals surface area contributed by atoms with Crippen LogP contribution in [0.5, 0.6) is 5.75 Å². The summed E-state index contributed by atoms with van der Waals surface area (Å²) in [6.07, 6.45) is -0.242. The molecule has 1 N–H and O–H groups in total. The number of hydrogen-bond donors (Lipinski definition) is 1. The molecule has 0 aliphatic heterocycles. The normalized spacial score (nSPS) is 11.8. The summed E-state index contributed by atoms with van der Waals surface area (Å²) >= 11 is 5.84. The summed E-state index contributed by atoms with van der Waals surface area (Å²) in [5, 5.41) is 10.4. The van der Waals surface area contributed by atoms with E-state index in [1.807, 2.05) is 0 Å². The Morgan fingerprint density at radius 3 is 2.17 bits per heavy atom. The topological polar surface area (TPSA) is 54.4 Å². The first-order valence-electron chi connectivity index (χ1n) is 8.90. The van der Waals surface area contributed by atoms with E-state index in [0.29, 0.717) is 16.1 Å². The van der Waals surface area contributed by atoms with Gasteiger partial charge in [0, 0.05) is 23.4 Å². The standard InChI is InChI=1S/C23H17ClF2O3/c24-17-8-5-14(6-9-17)22(28)12-16(15-7-10-19(25)20(26)11-15)13-23(29)18-3-1-2-4-21(18)27/h1-11,16,27H,12-13H2. The van der Waals surface area contributed by atoms with Crippen LogP contribution >= 0.6 is 11.6 Å². The molecule has 3 rings (SSSR count). The highest BCUT2D eigenvalue weighted by Crippen LogP contribution is 2.30. The molecule has 0 aliphatic carbocycles. The number of Topliss-reactive ketones (excluding diaryl/α,β-unsaturated/α-hetero) is 2. The SMILES string of the molecule is O=C(CC(CC(=O)c1ccccc1O)c1ccc(F)c(F)c1)c1ccc(Cl)cc1. The number of para-hydroxylation sites is 1. The summed E-state index contributed by atoms with van der Waals surface area (Å²) in [4.78, 5) is 25.4. The Bertz CT molecular complexity index is 1050. The Balaban J connectivity index is 1.89. The molecule has 0 heterocycles. The number of halogens is 3. The molecule has 0 bridgehead atoms. The van der Waals surface area contributed by atoms with E-state index in [-0.39, 0.29) is 29.9 Å². The number of hydrogen-bond acceptors (Lipinski definition) is 3. The van der Waals surface area contributed by atoms with Gasteiger partial charge in [0.2, 0.25) is 0 Å². The second-order valence-electron chi connectivity index (χ2n) is 6.65. The highest BCUT2D eigenvalue weighted by atomic mass is 35.5. The smallest absolute Gasteiger partial charge is 0.167 e. The quantitative estimate of drug-likeness (QED) is 0.486. The van der Waals surface area contributed by atoms with Gasteiger partial charge in [0.1, 0.15) is 5.75 Å². The van der Waals surface area contributed by atoms with Crippen molar-refractivity contribution in [3.8, 4) is 5.75 Å². The van der Waals surface area contributed by atoms with E-state index in [1.54, 1.807) is 36.4 Å². The Kier molecular flexibility index (Phi) is 6.39. The summed E-state index contributed by atoms with van der Waals surface area (Å²) in [6, 6.07) is 15.7. The molecule has 0 saturated heterocycles. The first-order chi connectivity index (χ1) is 13.8. The maximum Gasteiger partial charge on any atom is 0.167 e. The predicted molar refractivity (Wildman–Crippen MR) is 107 cm³/mol. The van der Waals surface area contributed by atoms with Crippen LogP contribution in [0.25, 0.3) is 0 Å². The van der Waals surface area contributed by atoms with Gasteiger partial charge in [-0.05, 0) is 60.0 Å². The maximum atomic E-state index is 13.8. The van der Waals surface area contributed by atoms with E-state index in [9.17, 15) is 23.5 Å². The van der Waals surface area contributed by atoms with Crippen LogP contribution in [-0.4, -0.2) is 16.7 Å². The number of carbonyl (C=O) groups excluding carboxylic acids is 2. The molecule has 0 fully saturated rings. The minimum Gasteiger partial charge on any atom is -0.507 e. The lowest BCUT2D eigenvalue weighted by molar-refractivity contribution is 0.0943. The summed E-state index contributed by atoms with van der Waals surface area (Å²) in [5.41, 5.74) is 0.839. The van der Waals surface area contributed by atoms with Crippen LogP contribution in [0.1, 0.15) is 45.0 Å². The van der Waals surface area contributed by atoms with Crippen molar-refractivity contribution in [2.75, 3.05) is 0 Å². The van der Waals surface area contributed by atoms with Crippen molar-refractivity contribution in [1.82, 2.24) is 0 Å². The molecule has 3 nitrogen and oxygen atoms in total. The van der Waals surface area contributed by atoms with Crippen molar-refractivity contribution in [1.29, 1.82) is 0 Å². The summed E-state index contributed by atoms with van der Waals surface area (Å²) in [6.45, 7) is 0. The van der Waals surface area contributed by atoms with Gasteiger partial charge in [-0.3, -0.25) is 9.59 Å². The van der Waals surface area contributed by atoms with Gasteiger partial charge in [-0.15, -0.1) is 0 Å². The van der Waals surface area contributed by atoms with Gasteiger partial charge in [0.25, 0.3) is 0 Å². The monoisotopic (exact) mass is 414 g/mol. The van der Waals surface area contributed by atoms with Crippen molar-refractivity contribution in [3.05, 3.63) is 100 Å². The zero-order valence-electron chi connectivity index (χ0n) is 15.2. The van der Waals surface area contributed by atoms with Gasteiger partial charge in [0.15, 0.2) is 23.2 Å². The Hall–Kier alpha value is -3.05. The van der Waals surface area contributed by atoms with Crippen LogP contribution in [0.15, 0.2) is 66.7 Å². The minimum absolute atomic E-state index is 0.0912. The van der Waals surface area contributed by atoms with E-state index in [4.69, 9.17) is 11.6 Å². The van der Waals surface area contributed by atoms with E-state index in [2.05, 4.69) is 0 Å². The van der Waals surface area contributed by atoms with Gasteiger partial charge < -0.3 is 5.11 Å². The molecule has 148 valence electrons. The van der Waals surface area contributed by atoms with Crippen LogP contribution in [0.4, 0.5) is 8.78 Å². The van der Waals surface area contributed by atoms with Crippen molar-refractivity contribution in [3.63, 3.8) is 0 Å². The lowest BCUT2D eigenvalue weighted by atomic mass is 9.86. The van der Waals surface area contributed by atoms with Crippen LogP contribution in [-0.2, 0) is 0 Å². The van der Waals surface area contributed by atoms with E-state index in [0.717, 1.165) is 12.1 Å². The fourth-order valence-electron chi connectivity index (χ4n) is 3.09.